The highest BCUT2D eigenvalue weighted by molar-refractivity contribution is 5.78. The van der Waals surface area contributed by atoms with Gasteiger partial charge in [-0.05, 0) is 13.8 Å². The molecule has 0 bridgehead atoms. The van der Waals surface area contributed by atoms with Gasteiger partial charge in [0.15, 0.2) is 0 Å². The first-order chi connectivity index (χ1) is 6.92. The van der Waals surface area contributed by atoms with E-state index in [1.807, 2.05) is 0 Å². The fraction of sp³-hybridized carbons (Fsp3) is 0.900. The van der Waals surface area contributed by atoms with Crippen LogP contribution in [-0.2, 0) is 4.79 Å². The molecule has 88 valence electrons. The normalized spacial score (nSPS) is 19.3. The average molecular weight is 215 g/mol. The minimum Gasteiger partial charge on any atom is -0.389 e. The lowest BCUT2D eigenvalue weighted by Crippen LogP contribution is -2.53. The number of piperazine rings is 1. The van der Waals surface area contributed by atoms with E-state index < -0.39 is 5.60 Å². The van der Waals surface area contributed by atoms with Gasteiger partial charge in [0.1, 0.15) is 0 Å². The summed E-state index contributed by atoms with van der Waals surface area (Å²) in [4.78, 5) is 15.2. The van der Waals surface area contributed by atoms with Gasteiger partial charge in [-0.3, -0.25) is 9.69 Å². The highest BCUT2D eigenvalue weighted by Gasteiger charge is 2.24. The predicted octanol–water partition coefficient (Wildman–Crippen LogP) is -1.14. The molecule has 1 saturated heterocycles. The molecular weight excluding hydrogens is 194 g/mol. The van der Waals surface area contributed by atoms with E-state index >= 15 is 0 Å². The second-order valence-electron chi connectivity index (χ2n) is 4.67. The first-order valence-corrected chi connectivity index (χ1v) is 5.35. The zero-order valence-corrected chi connectivity index (χ0v) is 9.57. The van der Waals surface area contributed by atoms with E-state index in [0.29, 0.717) is 19.6 Å². The van der Waals surface area contributed by atoms with Crippen molar-refractivity contribution in [3.63, 3.8) is 0 Å². The highest BCUT2D eigenvalue weighted by atomic mass is 16.3. The van der Waals surface area contributed by atoms with Crippen LogP contribution in [0.3, 0.4) is 0 Å². The lowest BCUT2D eigenvalue weighted by atomic mass is 10.1. The molecule has 1 amide bonds. The van der Waals surface area contributed by atoms with E-state index in [-0.39, 0.29) is 12.5 Å². The van der Waals surface area contributed by atoms with Crippen LogP contribution in [0.25, 0.3) is 0 Å². The first-order valence-electron chi connectivity index (χ1n) is 5.35. The molecule has 3 N–H and O–H groups in total. The number of amides is 1. The van der Waals surface area contributed by atoms with Gasteiger partial charge in [0.2, 0.25) is 5.91 Å². The summed E-state index contributed by atoms with van der Waals surface area (Å²) in [5, 5.41) is 9.65. The van der Waals surface area contributed by atoms with Crippen LogP contribution in [0.4, 0.5) is 0 Å². The first kappa shape index (κ1) is 12.4. The van der Waals surface area contributed by atoms with Crippen molar-refractivity contribution in [2.75, 3.05) is 39.3 Å². The molecule has 1 aliphatic rings. The topological polar surface area (TPSA) is 69.8 Å². The van der Waals surface area contributed by atoms with Crippen LogP contribution in [0.15, 0.2) is 0 Å². The minimum atomic E-state index is -0.667. The van der Waals surface area contributed by atoms with Crippen molar-refractivity contribution in [1.82, 2.24) is 9.80 Å². The Morgan fingerprint density at radius 2 is 1.87 bits per heavy atom. The van der Waals surface area contributed by atoms with Crippen molar-refractivity contribution in [1.29, 1.82) is 0 Å². The minimum absolute atomic E-state index is 0.0120. The molecule has 15 heavy (non-hydrogen) atoms. The molecule has 0 aliphatic carbocycles. The van der Waals surface area contributed by atoms with Gasteiger partial charge in [0.25, 0.3) is 0 Å². The van der Waals surface area contributed by atoms with Crippen molar-refractivity contribution in [3.8, 4) is 0 Å². The number of nitrogens with zero attached hydrogens (tertiary/aromatic N) is 2. The van der Waals surface area contributed by atoms with Gasteiger partial charge in [0, 0.05) is 32.7 Å². The second kappa shape index (κ2) is 4.92. The molecule has 0 radical (unpaired) electrons. The van der Waals surface area contributed by atoms with E-state index in [2.05, 4.69) is 4.90 Å². The number of aliphatic hydroxyl groups is 1. The second-order valence-corrected chi connectivity index (χ2v) is 4.67. The van der Waals surface area contributed by atoms with Crippen molar-refractivity contribution < 1.29 is 9.90 Å². The van der Waals surface area contributed by atoms with Crippen molar-refractivity contribution in [2.24, 2.45) is 5.73 Å². The quantitative estimate of drug-likeness (QED) is 0.624. The van der Waals surface area contributed by atoms with E-state index in [1.54, 1.807) is 18.7 Å². The Balaban J connectivity index is 2.33. The lowest BCUT2D eigenvalue weighted by Gasteiger charge is -2.37. The number of hydrogen-bond donors (Lipinski definition) is 2. The summed E-state index contributed by atoms with van der Waals surface area (Å²) < 4.78 is 0. The Labute approximate surface area is 90.8 Å². The van der Waals surface area contributed by atoms with E-state index in [0.717, 1.165) is 13.1 Å². The van der Waals surface area contributed by atoms with E-state index in [4.69, 9.17) is 5.73 Å². The van der Waals surface area contributed by atoms with Crippen LogP contribution in [-0.4, -0.2) is 65.7 Å². The van der Waals surface area contributed by atoms with Gasteiger partial charge < -0.3 is 15.7 Å². The van der Waals surface area contributed by atoms with Crippen molar-refractivity contribution in [3.05, 3.63) is 0 Å². The van der Waals surface area contributed by atoms with E-state index in [1.165, 1.54) is 0 Å². The number of carbonyl (C=O) groups is 1. The third-order valence-electron chi connectivity index (χ3n) is 2.51. The average Bonchev–Trinajstić information content (AvgIpc) is 2.15. The maximum Gasteiger partial charge on any atom is 0.236 e. The summed E-state index contributed by atoms with van der Waals surface area (Å²) in [6, 6.07) is 0. The van der Waals surface area contributed by atoms with Crippen LogP contribution in [0.1, 0.15) is 13.8 Å². The molecule has 0 aromatic carbocycles. The van der Waals surface area contributed by atoms with Gasteiger partial charge in [-0.15, -0.1) is 0 Å². The summed E-state index contributed by atoms with van der Waals surface area (Å²) in [7, 11) is 0. The summed E-state index contributed by atoms with van der Waals surface area (Å²) >= 11 is 0. The Morgan fingerprint density at radius 1 is 1.33 bits per heavy atom. The fourth-order valence-corrected chi connectivity index (χ4v) is 1.83. The molecule has 0 unspecified atom stereocenters. The zero-order chi connectivity index (χ0) is 11.5. The maximum atomic E-state index is 11.3. The summed E-state index contributed by atoms with van der Waals surface area (Å²) in [6.45, 7) is 7.39. The van der Waals surface area contributed by atoms with Crippen LogP contribution in [0.2, 0.25) is 0 Å². The molecule has 1 fully saturated rings. The number of hydrogen-bond acceptors (Lipinski definition) is 4. The predicted molar refractivity (Wildman–Crippen MR) is 58.4 cm³/mol. The molecular formula is C10H21N3O2. The molecule has 1 heterocycles. The molecule has 5 heteroatoms. The molecule has 1 aliphatic heterocycles. The van der Waals surface area contributed by atoms with Crippen LogP contribution in [0.5, 0.6) is 0 Å². The molecule has 5 nitrogen and oxygen atoms in total. The van der Waals surface area contributed by atoms with Gasteiger partial charge >= 0.3 is 0 Å². The van der Waals surface area contributed by atoms with Gasteiger partial charge in [0.05, 0.1) is 12.1 Å². The molecule has 0 aromatic rings. The number of β-amino-alcohol motifs (C(OH)–C–C–N with tert-alkyl or cyclic N) is 1. The third kappa shape index (κ3) is 4.15. The largest absolute Gasteiger partial charge is 0.389 e. The Kier molecular flexibility index (Phi) is 4.07. The summed E-state index contributed by atoms with van der Waals surface area (Å²) in [5.41, 5.74) is 4.63. The smallest absolute Gasteiger partial charge is 0.236 e. The molecule has 0 spiro atoms. The highest BCUT2D eigenvalue weighted by Crippen LogP contribution is 2.08. The number of nitrogens with two attached hydrogens (primary N) is 1. The molecule has 1 rings (SSSR count). The number of carbonyl (C=O) groups excluding carboxylic acids is 1. The van der Waals surface area contributed by atoms with Crippen LogP contribution >= 0.6 is 0 Å². The van der Waals surface area contributed by atoms with Gasteiger partial charge in [-0.2, -0.15) is 0 Å². The standard InChI is InChI=1S/C10H21N3O2/c1-10(2,15)8-12-3-5-13(6-4-12)9(14)7-11/h15H,3-8,11H2,1-2H3. The van der Waals surface area contributed by atoms with E-state index in [9.17, 15) is 9.90 Å². The lowest BCUT2D eigenvalue weighted by molar-refractivity contribution is -0.131. The summed E-state index contributed by atoms with van der Waals surface area (Å²) in [5.74, 6) is 0.0120. The SMILES string of the molecule is CC(C)(O)CN1CCN(C(=O)CN)CC1. The maximum absolute atomic E-state index is 11.3. The molecule has 0 atom stereocenters. The van der Waals surface area contributed by atoms with Crippen LogP contribution in [0, 0.1) is 0 Å². The molecule has 0 aromatic heterocycles. The van der Waals surface area contributed by atoms with Crippen molar-refractivity contribution >= 4 is 5.91 Å². The summed E-state index contributed by atoms with van der Waals surface area (Å²) in [6.07, 6.45) is 0. The number of rotatable bonds is 3. The fourth-order valence-electron chi connectivity index (χ4n) is 1.83. The third-order valence-corrected chi connectivity index (χ3v) is 2.51. The Hall–Kier alpha value is -0.650. The van der Waals surface area contributed by atoms with Gasteiger partial charge in [-0.25, -0.2) is 0 Å². The monoisotopic (exact) mass is 215 g/mol. The van der Waals surface area contributed by atoms with Crippen molar-refractivity contribution in [2.45, 2.75) is 19.4 Å². The zero-order valence-electron chi connectivity index (χ0n) is 9.57. The Bertz CT molecular complexity index is 217. The molecule has 0 saturated carbocycles. The van der Waals surface area contributed by atoms with Crippen LogP contribution < -0.4 is 5.73 Å². The van der Waals surface area contributed by atoms with Gasteiger partial charge in [-0.1, -0.05) is 0 Å². The Morgan fingerprint density at radius 3 is 2.27 bits per heavy atom.